The summed E-state index contributed by atoms with van der Waals surface area (Å²) in [6.07, 6.45) is 20.4. The van der Waals surface area contributed by atoms with E-state index in [4.69, 9.17) is 9.31 Å². The highest BCUT2D eigenvalue weighted by molar-refractivity contribution is 6.47. The summed E-state index contributed by atoms with van der Waals surface area (Å²) in [7, 11) is 0.637. The number of carbonyl (C=O) groups is 3. The number of amides is 2. The van der Waals surface area contributed by atoms with E-state index in [1.165, 1.54) is 68.4 Å². The van der Waals surface area contributed by atoms with Gasteiger partial charge in [-0.25, -0.2) is 4.98 Å². The van der Waals surface area contributed by atoms with Crippen LogP contribution in [0.4, 0.5) is 0 Å². The number of Topliss-reactive ketones (excluding diaryl/α,β-unsaturated/α-hetero) is 1. The summed E-state index contributed by atoms with van der Waals surface area (Å²) >= 11 is 0. The molecule has 58 heavy (non-hydrogen) atoms. The second kappa shape index (κ2) is 28.1. The van der Waals surface area contributed by atoms with Crippen molar-refractivity contribution in [2.75, 3.05) is 20.2 Å². The Morgan fingerprint density at radius 3 is 2.10 bits per heavy atom. The van der Waals surface area contributed by atoms with Crippen molar-refractivity contribution in [2.45, 2.75) is 166 Å². The third kappa shape index (κ3) is 18.2. The number of carbonyl (C=O) groups excluding carboxylic acids is 3. The monoisotopic (exact) mass is 807 g/mol. The van der Waals surface area contributed by atoms with Crippen molar-refractivity contribution in [1.29, 1.82) is 0 Å². The molecule has 0 aliphatic carbocycles. The van der Waals surface area contributed by atoms with Crippen molar-refractivity contribution >= 4 is 24.7 Å². The molecule has 4 N–H and O–H groups in total. The molecule has 1 saturated heterocycles. The smallest absolute Gasteiger partial charge is 0.403 e. The summed E-state index contributed by atoms with van der Waals surface area (Å²) in [5.41, 5.74) is 0.947. The van der Waals surface area contributed by atoms with Gasteiger partial charge in [0.25, 0.3) is 5.91 Å². The Kier molecular flexibility index (Phi) is 23.7. The van der Waals surface area contributed by atoms with Gasteiger partial charge in [0.2, 0.25) is 5.91 Å². The molecule has 322 valence electrons. The van der Waals surface area contributed by atoms with Crippen LogP contribution in [0.1, 0.15) is 140 Å². The lowest BCUT2D eigenvalue weighted by molar-refractivity contribution is -0.132. The van der Waals surface area contributed by atoms with E-state index in [-0.39, 0.29) is 42.7 Å². The first-order valence-electron chi connectivity index (χ1n) is 21.8. The zero-order valence-electron chi connectivity index (χ0n) is 35.6. The third-order valence-corrected chi connectivity index (χ3v) is 10.8. The molecule has 12 nitrogen and oxygen atoms in total. The van der Waals surface area contributed by atoms with Crippen LogP contribution in [0, 0.1) is 5.92 Å². The van der Waals surface area contributed by atoms with Gasteiger partial charge in [-0.2, -0.15) is 0 Å². The first-order chi connectivity index (χ1) is 28.0. The molecule has 0 saturated carbocycles. The summed E-state index contributed by atoms with van der Waals surface area (Å²) in [6.45, 7) is 5.57. The molecule has 0 radical (unpaired) electrons. The number of nitrogens with one attached hydrogen (secondary N) is 1. The number of unbranched alkanes of at least 4 members (excludes halogenated alkanes) is 11. The lowest BCUT2D eigenvalue weighted by atomic mass is 9.65. The number of aromatic nitrogens is 2. The molecular weight excluding hydrogens is 735 g/mol. The molecule has 1 fully saturated rings. The van der Waals surface area contributed by atoms with Gasteiger partial charge >= 0.3 is 7.12 Å². The van der Waals surface area contributed by atoms with Crippen LogP contribution in [0.25, 0.3) is 0 Å². The van der Waals surface area contributed by atoms with Gasteiger partial charge in [0.15, 0.2) is 5.78 Å². The molecule has 1 aromatic carbocycles. The molecule has 2 heterocycles. The Hall–Kier alpha value is -3.49. The molecule has 1 aromatic heterocycles. The average molecular weight is 807 g/mol. The average Bonchev–Trinajstić information content (AvgIpc) is 3.68. The molecule has 2 amide bonds. The van der Waals surface area contributed by atoms with E-state index in [1.54, 1.807) is 7.05 Å². The molecule has 13 heteroatoms. The summed E-state index contributed by atoms with van der Waals surface area (Å²) in [5.74, 6) is -1.25. The minimum Gasteiger partial charge on any atom is -0.403 e. The quantitative estimate of drug-likeness (QED) is 0.0380. The maximum Gasteiger partial charge on any atom is 0.461 e. The molecule has 3 rings (SSSR count). The van der Waals surface area contributed by atoms with Crippen molar-refractivity contribution in [3.8, 4) is 0 Å². The maximum absolute atomic E-state index is 14.1. The Balaban J connectivity index is 1.53. The van der Waals surface area contributed by atoms with E-state index < -0.39 is 55.9 Å². The largest absolute Gasteiger partial charge is 0.461 e. The Morgan fingerprint density at radius 1 is 0.879 bits per heavy atom. The molecule has 0 spiro atoms. The number of allylic oxidation sites excluding steroid dienone is 2. The highest BCUT2D eigenvalue weighted by Crippen LogP contribution is 2.35. The Morgan fingerprint density at radius 2 is 1.50 bits per heavy atom. The normalized spacial score (nSPS) is 17.7. The fraction of sp³-hybridized carbons (Fsp3) is 0.667. The summed E-state index contributed by atoms with van der Waals surface area (Å²) < 4.78 is 12.5. The molecular formula is C45H71BN4O8. The van der Waals surface area contributed by atoms with Crippen molar-refractivity contribution < 1.29 is 39.0 Å². The van der Waals surface area contributed by atoms with Crippen LogP contribution in [-0.2, 0) is 25.3 Å². The van der Waals surface area contributed by atoms with Crippen LogP contribution in [0.3, 0.4) is 0 Å². The number of ketones is 1. The molecule has 2 aromatic rings. The van der Waals surface area contributed by atoms with Crippen LogP contribution in [0.5, 0.6) is 0 Å². The minimum absolute atomic E-state index is 0.0276. The molecule has 6 atom stereocenters. The van der Waals surface area contributed by atoms with E-state index in [1.807, 2.05) is 44.2 Å². The van der Waals surface area contributed by atoms with E-state index >= 15 is 0 Å². The van der Waals surface area contributed by atoms with Gasteiger partial charge in [-0.1, -0.05) is 115 Å². The summed E-state index contributed by atoms with van der Waals surface area (Å²) in [5, 5.41) is 34.9. The van der Waals surface area contributed by atoms with Crippen molar-refractivity contribution in [2.24, 2.45) is 5.92 Å². The highest BCUT2D eigenvalue weighted by Gasteiger charge is 2.50. The van der Waals surface area contributed by atoms with Gasteiger partial charge in [-0.15, -0.1) is 0 Å². The number of rotatable bonds is 30. The molecule has 1 aliphatic rings. The lowest BCUT2D eigenvalue weighted by Crippen LogP contribution is -2.48. The van der Waals surface area contributed by atoms with Crippen molar-refractivity contribution in [1.82, 2.24) is 20.2 Å². The Labute approximate surface area is 347 Å². The molecule has 0 bridgehead atoms. The predicted molar refractivity (Wildman–Crippen MR) is 228 cm³/mol. The van der Waals surface area contributed by atoms with Gasteiger partial charge in [0.05, 0.1) is 37.2 Å². The number of hydrogen-bond donors (Lipinski definition) is 4. The first kappa shape index (κ1) is 48.9. The van der Waals surface area contributed by atoms with Crippen LogP contribution >= 0.6 is 0 Å². The lowest BCUT2D eigenvalue weighted by Gasteiger charge is -2.29. The van der Waals surface area contributed by atoms with Gasteiger partial charge in [-0.3, -0.25) is 19.4 Å². The fourth-order valence-corrected chi connectivity index (χ4v) is 7.51. The summed E-state index contributed by atoms with van der Waals surface area (Å²) in [4.78, 5) is 49.8. The molecule has 1 aliphatic heterocycles. The van der Waals surface area contributed by atoms with Crippen LogP contribution < -0.4 is 5.32 Å². The number of aliphatic hydroxyl groups is 3. The van der Waals surface area contributed by atoms with Crippen LogP contribution in [0.15, 0.2) is 61.1 Å². The maximum atomic E-state index is 14.1. The van der Waals surface area contributed by atoms with Crippen LogP contribution in [0.2, 0.25) is 5.82 Å². The predicted octanol–water partition coefficient (Wildman–Crippen LogP) is 6.68. The number of hydrogen-bond acceptors (Lipinski definition) is 10. The highest BCUT2D eigenvalue weighted by atomic mass is 16.7. The second-order valence-electron chi connectivity index (χ2n) is 16.4. The SMILES string of the molecule is CCCCCCCC/C=C\CCCCCCCC(=O)N(C)CC(O)[C@H]1OB([C@@H](CC(=O)[C@H](Cc2ccccc2)NC(=O)c2cnccn2)CC(C)C)O[C@@H]1C(O)CO. The Bertz CT molecular complexity index is 1470. The van der Waals surface area contributed by atoms with Crippen molar-refractivity contribution in [3.63, 3.8) is 0 Å². The molecule has 2 unspecified atom stereocenters. The number of benzene rings is 1. The van der Waals surface area contributed by atoms with Crippen LogP contribution in [-0.4, -0.2) is 106 Å². The minimum atomic E-state index is -1.37. The van der Waals surface area contributed by atoms with Gasteiger partial charge in [0, 0.05) is 44.6 Å². The number of likely N-dealkylation sites (N-methyl/N-ethyl adjacent to an activating group) is 1. The van der Waals surface area contributed by atoms with Gasteiger partial charge < -0.3 is 34.8 Å². The van der Waals surface area contributed by atoms with E-state index in [2.05, 4.69) is 34.4 Å². The fourth-order valence-electron chi connectivity index (χ4n) is 7.51. The first-order valence-corrected chi connectivity index (χ1v) is 21.8. The number of aliphatic hydroxyl groups excluding tert-OH is 3. The number of nitrogens with zero attached hydrogens (tertiary/aromatic N) is 3. The standard InChI is InChI=1S/C45H71BN4O8/c1-5-6-7-8-9-10-11-12-13-14-15-16-17-18-22-25-42(55)50(4)32-40(53)43-44(41(54)33-51)58-46(57-43)36(28-34(2)3)30-39(52)37(29-35-23-20-19-21-24-35)49-45(56)38-31-47-26-27-48-38/h12-13,19-21,23-24,26-27,31,34,36-37,40-41,43-44,51,53-54H,5-11,14-18,22,25,28-30,32-33H2,1-4H3,(H,49,56)/b13-12-/t36-,37+,40?,41?,43-,44-/m1/s1. The third-order valence-electron chi connectivity index (χ3n) is 10.8. The second-order valence-corrected chi connectivity index (χ2v) is 16.4. The van der Waals surface area contributed by atoms with E-state index in [0.717, 1.165) is 44.1 Å². The zero-order chi connectivity index (χ0) is 42.1. The van der Waals surface area contributed by atoms with E-state index in [9.17, 15) is 29.7 Å². The summed E-state index contributed by atoms with van der Waals surface area (Å²) in [6, 6.07) is 8.49. The topological polar surface area (TPSA) is 171 Å². The van der Waals surface area contributed by atoms with E-state index in [0.29, 0.717) is 12.8 Å². The van der Waals surface area contributed by atoms with Gasteiger partial charge in [-0.05, 0) is 56.4 Å². The zero-order valence-corrected chi connectivity index (χ0v) is 35.6. The van der Waals surface area contributed by atoms with Gasteiger partial charge in [0.1, 0.15) is 11.8 Å². The van der Waals surface area contributed by atoms with Crippen molar-refractivity contribution in [3.05, 3.63) is 72.3 Å².